The fraction of sp³-hybridized carbons (Fsp3) is 0.467. The molecule has 2 atom stereocenters. The number of hydrogen-bond acceptors (Lipinski definition) is 3. The summed E-state index contributed by atoms with van der Waals surface area (Å²) in [5, 5.41) is 2.61. The first kappa shape index (κ1) is 17.1. The lowest BCUT2D eigenvalue weighted by atomic mass is 10.2. The molecule has 1 aliphatic heterocycles. The molecule has 1 aromatic carbocycles. The maximum atomic E-state index is 12.9. The fourth-order valence-corrected chi connectivity index (χ4v) is 2.33. The molecule has 1 heterocycles. The van der Waals surface area contributed by atoms with E-state index in [-0.39, 0.29) is 18.4 Å². The van der Waals surface area contributed by atoms with E-state index in [2.05, 4.69) is 5.32 Å². The maximum Gasteiger partial charge on any atom is 0.419 e. The van der Waals surface area contributed by atoms with E-state index in [0.29, 0.717) is 6.54 Å². The standard InChI is InChI=1S/C15H17F3N2O3/c1-9(14(22)19-10-7-13(21)20(2)8-10)23-12-6-4-3-5-11(12)15(16,17)18/h3-6,9-10H,7-8H2,1-2H3,(H,19,22)/t9-,10-/m0/s1. The predicted molar refractivity (Wildman–Crippen MR) is 75.7 cm³/mol. The average molecular weight is 330 g/mol. The molecular weight excluding hydrogens is 313 g/mol. The van der Waals surface area contributed by atoms with Gasteiger partial charge in [-0.05, 0) is 19.1 Å². The number of carbonyl (C=O) groups is 2. The molecule has 0 radical (unpaired) electrons. The van der Waals surface area contributed by atoms with Crippen LogP contribution in [0, 0.1) is 0 Å². The first-order chi connectivity index (χ1) is 10.7. The van der Waals surface area contributed by atoms with Crippen LogP contribution in [0.1, 0.15) is 18.9 Å². The summed E-state index contributed by atoms with van der Waals surface area (Å²) in [6.07, 6.45) is -5.50. The Morgan fingerprint density at radius 3 is 2.61 bits per heavy atom. The summed E-state index contributed by atoms with van der Waals surface area (Å²) in [5.74, 6) is -1.05. The number of halogens is 3. The van der Waals surface area contributed by atoms with Gasteiger partial charge in [0.1, 0.15) is 5.75 Å². The van der Waals surface area contributed by atoms with Crippen molar-refractivity contribution >= 4 is 11.8 Å². The second kappa shape index (κ2) is 6.47. The van der Waals surface area contributed by atoms with Gasteiger partial charge in [0.05, 0.1) is 11.6 Å². The Morgan fingerprint density at radius 2 is 2.04 bits per heavy atom. The summed E-state index contributed by atoms with van der Waals surface area (Å²) < 4.78 is 43.8. The number of para-hydroxylation sites is 1. The molecule has 0 saturated carbocycles. The van der Waals surface area contributed by atoms with Crippen LogP contribution < -0.4 is 10.1 Å². The molecule has 1 saturated heterocycles. The molecule has 5 nitrogen and oxygen atoms in total. The van der Waals surface area contributed by atoms with E-state index < -0.39 is 29.5 Å². The number of benzene rings is 1. The lowest BCUT2D eigenvalue weighted by Crippen LogP contribution is -2.43. The van der Waals surface area contributed by atoms with E-state index in [4.69, 9.17) is 4.74 Å². The molecule has 0 spiro atoms. The maximum absolute atomic E-state index is 12.9. The van der Waals surface area contributed by atoms with Crippen LogP contribution in [-0.4, -0.2) is 42.5 Å². The summed E-state index contributed by atoms with van der Waals surface area (Å²) in [6, 6.07) is 4.36. The van der Waals surface area contributed by atoms with Gasteiger partial charge in [-0.1, -0.05) is 12.1 Å². The van der Waals surface area contributed by atoms with Gasteiger partial charge in [0.25, 0.3) is 5.91 Å². The molecular formula is C15H17F3N2O3. The molecule has 1 fully saturated rings. The van der Waals surface area contributed by atoms with Crippen molar-refractivity contribution in [3.05, 3.63) is 29.8 Å². The van der Waals surface area contributed by atoms with Gasteiger partial charge in [0, 0.05) is 20.0 Å². The number of ether oxygens (including phenoxy) is 1. The third-order valence-corrected chi connectivity index (χ3v) is 3.55. The Morgan fingerprint density at radius 1 is 1.39 bits per heavy atom. The second-order valence-corrected chi connectivity index (χ2v) is 5.44. The van der Waals surface area contributed by atoms with E-state index in [1.165, 1.54) is 30.0 Å². The monoisotopic (exact) mass is 330 g/mol. The minimum Gasteiger partial charge on any atom is -0.480 e. The molecule has 0 aromatic heterocycles. The molecule has 23 heavy (non-hydrogen) atoms. The number of hydrogen-bond donors (Lipinski definition) is 1. The van der Waals surface area contributed by atoms with Crippen molar-refractivity contribution in [3.8, 4) is 5.75 Å². The predicted octanol–water partition coefficient (Wildman–Crippen LogP) is 1.82. The summed E-state index contributed by atoms with van der Waals surface area (Å²) in [4.78, 5) is 24.9. The number of likely N-dealkylation sites (N-methyl/N-ethyl adjacent to an activating group) is 1. The molecule has 2 rings (SSSR count). The van der Waals surface area contributed by atoms with Crippen LogP contribution in [-0.2, 0) is 15.8 Å². The van der Waals surface area contributed by atoms with Gasteiger partial charge in [-0.2, -0.15) is 13.2 Å². The van der Waals surface area contributed by atoms with E-state index in [1.807, 2.05) is 0 Å². The first-order valence-electron chi connectivity index (χ1n) is 7.05. The quantitative estimate of drug-likeness (QED) is 0.916. The zero-order chi connectivity index (χ0) is 17.2. The highest BCUT2D eigenvalue weighted by molar-refractivity contribution is 5.84. The number of nitrogens with zero attached hydrogens (tertiary/aromatic N) is 1. The zero-order valence-corrected chi connectivity index (χ0v) is 12.7. The largest absolute Gasteiger partial charge is 0.480 e. The molecule has 1 aliphatic rings. The van der Waals surface area contributed by atoms with Crippen LogP contribution >= 0.6 is 0 Å². The number of amides is 2. The van der Waals surface area contributed by atoms with Crippen LogP contribution in [0.5, 0.6) is 5.75 Å². The van der Waals surface area contributed by atoms with Crippen molar-refractivity contribution in [2.24, 2.45) is 0 Å². The van der Waals surface area contributed by atoms with Crippen molar-refractivity contribution in [3.63, 3.8) is 0 Å². The molecule has 2 amide bonds. The zero-order valence-electron chi connectivity index (χ0n) is 12.7. The Bertz CT molecular complexity index is 604. The molecule has 126 valence electrons. The smallest absolute Gasteiger partial charge is 0.419 e. The number of nitrogens with one attached hydrogen (secondary N) is 1. The van der Waals surface area contributed by atoms with E-state index >= 15 is 0 Å². The summed E-state index contributed by atoms with van der Waals surface area (Å²) in [6.45, 7) is 1.74. The summed E-state index contributed by atoms with van der Waals surface area (Å²) >= 11 is 0. The number of rotatable bonds is 4. The molecule has 8 heteroatoms. The van der Waals surface area contributed by atoms with Gasteiger partial charge in [0.15, 0.2) is 6.10 Å². The van der Waals surface area contributed by atoms with E-state index in [1.54, 1.807) is 7.05 Å². The SMILES string of the molecule is C[C@H](Oc1ccccc1C(F)(F)F)C(=O)N[C@H]1CC(=O)N(C)C1. The summed E-state index contributed by atoms with van der Waals surface area (Å²) in [5.41, 5.74) is -0.935. The molecule has 1 N–H and O–H groups in total. The normalized spacial score (nSPS) is 19.6. The van der Waals surface area contributed by atoms with Crippen molar-refractivity contribution < 1.29 is 27.5 Å². The minimum atomic E-state index is -4.56. The molecule has 0 unspecified atom stereocenters. The van der Waals surface area contributed by atoms with Gasteiger partial charge in [-0.3, -0.25) is 9.59 Å². The van der Waals surface area contributed by atoms with Crippen molar-refractivity contribution in [1.29, 1.82) is 0 Å². The van der Waals surface area contributed by atoms with E-state index in [9.17, 15) is 22.8 Å². The van der Waals surface area contributed by atoms with Crippen LogP contribution in [0.4, 0.5) is 13.2 Å². The third kappa shape index (κ3) is 4.14. The van der Waals surface area contributed by atoms with Crippen LogP contribution in [0.2, 0.25) is 0 Å². The van der Waals surface area contributed by atoms with Crippen molar-refractivity contribution in [2.45, 2.75) is 31.7 Å². The van der Waals surface area contributed by atoms with E-state index in [0.717, 1.165) is 6.07 Å². The molecule has 0 bridgehead atoms. The van der Waals surface area contributed by atoms with Crippen LogP contribution in [0.25, 0.3) is 0 Å². The van der Waals surface area contributed by atoms with Crippen LogP contribution in [0.3, 0.4) is 0 Å². The molecule has 0 aliphatic carbocycles. The summed E-state index contributed by atoms with van der Waals surface area (Å²) in [7, 11) is 1.62. The fourth-order valence-electron chi connectivity index (χ4n) is 2.33. The first-order valence-corrected chi connectivity index (χ1v) is 7.05. The minimum absolute atomic E-state index is 0.0914. The lowest BCUT2D eigenvalue weighted by Gasteiger charge is -2.20. The number of carbonyl (C=O) groups excluding carboxylic acids is 2. The van der Waals surface area contributed by atoms with Gasteiger partial charge in [-0.15, -0.1) is 0 Å². The van der Waals surface area contributed by atoms with Gasteiger partial charge < -0.3 is 15.0 Å². The number of likely N-dealkylation sites (tertiary alicyclic amines) is 1. The van der Waals surface area contributed by atoms with Crippen molar-refractivity contribution in [1.82, 2.24) is 10.2 Å². The highest BCUT2D eigenvalue weighted by Gasteiger charge is 2.35. The van der Waals surface area contributed by atoms with Gasteiger partial charge >= 0.3 is 6.18 Å². The highest BCUT2D eigenvalue weighted by atomic mass is 19.4. The Kier molecular flexibility index (Phi) is 4.82. The molecule has 1 aromatic rings. The van der Waals surface area contributed by atoms with Gasteiger partial charge in [0.2, 0.25) is 5.91 Å². The van der Waals surface area contributed by atoms with Crippen molar-refractivity contribution in [2.75, 3.05) is 13.6 Å². The Hall–Kier alpha value is -2.25. The Balaban J connectivity index is 2.01. The highest BCUT2D eigenvalue weighted by Crippen LogP contribution is 2.36. The second-order valence-electron chi connectivity index (χ2n) is 5.44. The van der Waals surface area contributed by atoms with Gasteiger partial charge in [-0.25, -0.2) is 0 Å². The topological polar surface area (TPSA) is 58.6 Å². The Labute approximate surface area is 131 Å². The number of alkyl halides is 3. The van der Waals surface area contributed by atoms with Crippen LogP contribution in [0.15, 0.2) is 24.3 Å². The third-order valence-electron chi connectivity index (χ3n) is 3.55. The lowest BCUT2D eigenvalue weighted by molar-refractivity contribution is -0.140. The average Bonchev–Trinajstić information content (AvgIpc) is 2.76.